The van der Waals surface area contributed by atoms with Gasteiger partial charge in [-0.05, 0) is 43.5 Å². The molecule has 1 atom stereocenters. The number of nitrogens with one attached hydrogen (secondary N) is 1. The zero-order valence-electron chi connectivity index (χ0n) is 16.9. The molecule has 0 aliphatic rings. The van der Waals surface area contributed by atoms with Crippen molar-refractivity contribution < 1.29 is 9.59 Å². The molecule has 0 heterocycles. The molecule has 3 N–H and O–H groups in total. The maximum atomic E-state index is 12.9. The maximum absolute atomic E-state index is 12.9. The summed E-state index contributed by atoms with van der Waals surface area (Å²) in [5.41, 5.74) is 8.63. The van der Waals surface area contributed by atoms with Crippen LogP contribution >= 0.6 is 12.4 Å². The average Bonchev–Trinajstić information content (AvgIpc) is 2.65. The van der Waals surface area contributed by atoms with Gasteiger partial charge in [-0.15, -0.1) is 12.4 Å². The van der Waals surface area contributed by atoms with E-state index in [1.807, 2.05) is 25.1 Å². The summed E-state index contributed by atoms with van der Waals surface area (Å²) in [6.45, 7) is 6.65. The third kappa shape index (κ3) is 6.36. The molecule has 2 aromatic carbocycles. The second-order valence-corrected chi connectivity index (χ2v) is 7.29. The van der Waals surface area contributed by atoms with E-state index in [1.165, 1.54) is 0 Å². The van der Waals surface area contributed by atoms with Crippen LogP contribution in [0.5, 0.6) is 0 Å². The normalized spacial score (nSPS) is 11.5. The number of hydrogen-bond donors (Lipinski definition) is 2. The van der Waals surface area contributed by atoms with Crippen LogP contribution in [-0.4, -0.2) is 36.3 Å². The van der Waals surface area contributed by atoms with Crippen molar-refractivity contribution in [1.29, 1.82) is 0 Å². The van der Waals surface area contributed by atoms with Gasteiger partial charge in [0.1, 0.15) is 0 Å². The van der Waals surface area contributed by atoms with E-state index < -0.39 is 0 Å². The summed E-state index contributed by atoms with van der Waals surface area (Å²) in [4.78, 5) is 27.1. The molecule has 0 aliphatic carbocycles. The number of halogens is 1. The second kappa shape index (κ2) is 10.8. The number of benzene rings is 2. The zero-order chi connectivity index (χ0) is 20.0. The van der Waals surface area contributed by atoms with Crippen molar-refractivity contribution in [3.8, 4) is 0 Å². The minimum atomic E-state index is -0.233. The molecule has 0 spiro atoms. The van der Waals surface area contributed by atoms with E-state index in [0.29, 0.717) is 29.3 Å². The van der Waals surface area contributed by atoms with Crippen LogP contribution in [0.3, 0.4) is 0 Å². The number of para-hydroxylation sites is 1. The lowest BCUT2D eigenvalue weighted by atomic mass is 10.0. The van der Waals surface area contributed by atoms with Gasteiger partial charge in [0.2, 0.25) is 0 Å². The van der Waals surface area contributed by atoms with Gasteiger partial charge in [0, 0.05) is 25.2 Å². The van der Waals surface area contributed by atoms with Crippen molar-refractivity contribution in [3.63, 3.8) is 0 Å². The molecule has 0 aromatic heterocycles. The summed E-state index contributed by atoms with van der Waals surface area (Å²) in [7, 11) is 1.76. The summed E-state index contributed by atoms with van der Waals surface area (Å²) >= 11 is 0. The second-order valence-electron chi connectivity index (χ2n) is 7.29. The molecule has 152 valence electrons. The van der Waals surface area contributed by atoms with E-state index in [-0.39, 0.29) is 30.3 Å². The van der Waals surface area contributed by atoms with Crippen molar-refractivity contribution in [2.24, 2.45) is 11.7 Å². The topological polar surface area (TPSA) is 75.4 Å². The van der Waals surface area contributed by atoms with Gasteiger partial charge < -0.3 is 16.0 Å². The Hall–Kier alpha value is -2.37. The summed E-state index contributed by atoms with van der Waals surface area (Å²) in [5.74, 6) is 0.00365. The Morgan fingerprint density at radius 1 is 1.11 bits per heavy atom. The standard InChI is InChI=1S/C22H29N3O2.ClH/c1-15(2)19(23)12-13-25(4)22(27)18-10-5-6-11-20(18)24-21(26)17-9-7-8-16(3)14-17;/h5-11,14-15,19H,12-13,23H2,1-4H3,(H,24,26);1H. The van der Waals surface area contributed by atoms with Crippen LogP contribution in [0.25, 0.3) is 0 Å². The van der Waals surface area contributed by atoms with Gasteiger partial charge in [0.15, 0.2) is 0 Å². The number of aryl methyl sites for hydroxylation is 1. The van der Waals surface area contributed by atoms with Gasteiger partial charge in [-0.1, -0.05) is 43.7 Å². The smallest absolute Gasteiger partial charge is 0.255 e. The number of nitrogens with two attached hydrogens (primary N) is 1. The van der Waals surface area contributed by atoms with Crippen LogP contribution in [-0.2, 0) is 0 Å². The third-order valence-electron chi connectivity index (χ3n) is 4.69. The zero-order valence-corrected chi connectivity index (χ0v) is 17.8. The molecule has 0 saturated heterocycles. The van der Waals surface area contributed by atoms with Gasteiger partial charge >= 0.3 is 0 Å². The molecule has 2 aromatic rings. The average molecular weight is 404 g/mol. The highest BCUT2D eigenvalue weighted by atomic mass is 35.5. The Balaban J connectivity index is 0.00000392. The third-order valence-corrected chi connectivity index (χ3v) is 4.69. The minimum Gasteiger partial charge on any atom is -0.342 e. The predicted molar refractivity (Wildman–Crippen MR) is 117 cm³/mol. The van der Waals surface area contributed by atoms with E-state index in [2.05, 4.69) is 19.2 Å². The number of anilines is 1. The molecular weight excluding hydrogens is 374 g/mol. The van der Waals surface area contributed by atoms with E-state index in [4.69, 9.17) is 5.73 Å². The molecule has 0 fully saturated rings. The summed E-state index contributed by atoms with van der Waals surface area (Å²) in [5, 5.41) is 2.86. The molecule has 2 amide bonds. The van der Waals surface area contributed by atoms with Gasteiger partial charge in [-0.25, -0.2) is 0 Å². The van der Waals surface area contributed by atoms with Gasteiger partial charge in [-0.3, -0.25) is 9.59 Å². The van der Waals surface area contributed by atoms with Crippen LogP contribution in [0, 0.1) is 12.8 Å². The van der Waals surface area contributed by atoms with Gasteiger partial charge in [-0.2, -0.15) is 0 Å². The largest absolute Gasteiger partial charge is 0.342 e. The number of nitrogens with zero attached hydrogens (tertiary/aromatic N) is 1. The van der Waals surface area contributed by atoms with Crippen LogP contribution in [0.2, 0.25) is 0 Å². The molecule has 0 saturated carbocycles. The fourth-order valence-corrected chi connectivity index (χ4v) is 2.74. The van der Waals surface area contributed by atoms with Crippen molar-refractivity contribution in [1.82, 2.24) is 4.90 Å². The summed E-state index contributed by atoms with van der Waals surface area (Å²) in [6, 6.07) is 14.5. The fraction of sp³-hybridized carbons (Fsp3) is 0.364. The number of carbonyl (C=O) groups excluding carboxylic acids is 2. The first-order chi connectivity index (χ1) is 12.8. The Bertz CT molecular complexity index is 808. The quantitative estimate of drug-likeness (QED) is 0.730. The Labute approximate surface area is 173 Å². The lowest BCUT2D eigenvalue weighted by Crippen LogP contribution is -2.35. The van der Waals surface area contributed by atoms with Crippen molar-refractivity contribution >= 4 is 29.9 Å². The van der Waals surface area contributed by atoms with E-state index in [9.17, 15) is 9.59 Å². The molecule has 5 nitrogen and oxygen atoms in total. The molecular formula is C22H30ClN3O2. The van der Waals surface area contributed by atoms with E-state index >= 15 is 0 Å². The van der Waals surface area contributed by atoms with E-state index in [0.717, 1.165) is 12.0 Å². The minimum absolute atomic E-state index is 0. The number of amides is 2. The SMILES string of the molecule is Cc1cccc(C(=O)Nc2ccccc2C(=O)N(C)CCC(N)C(C)C)c1.Cl. The Kier molecular flexibility index (Phi) is 9.16. The maximum Gasteiger partial charge on any atom is 0.255 e. The van der Waals surface area contributed by atoms with Gasteiger partial charge in [0.05, 0.1) is 11.3 Å². The van der Waals surface area contributed by atoms with Crippen molar-refractivity contribution in [2.75, 3.05) is 18.9 Å². The summed E-state index contributed by atoms with van der Waals surface area (Å²) < 4.78 is 0. The van der Waals surface area contributed by atoms with Crippen LogP contribution in [0.15, 0.2) is 48.5 Å². The highest BCUT2D eigenvalue weighted by molar-refractivity contribution is 6.09. The first kappa shape index (κ1) is 23.7. The molecule has 0 radical (unpaired) electrons. The first-order valence-electron chi connectivity index (χ1n) is 9.27. The molecule has 2 rings (SSSR count). The van der Waals surface area contributed by atoms with E-state index in [1.54, 1.807) is 42.3 Å². The Morgan fingerprint density at radius 3 is 2.43 bits per heavy atom. The van der Waals surface area contributed by atoms with Crippen LogP contribution in [0.4, 0.5) is 5.69 Å². The number of hydrogen-bond acceptors (Lipinski definition) is 3. The van der Waals surface area contributed by atoms with Crippen molar-refractivity contribution in [2.45, 2.75) is 33.2 Å². The highest BCUT2D eigenvalue weighted by Gasteiger charge is 2.18. The Morgan fingerprint density at radius 2 is 1.79 bits per heavy atom. The lowest BCUT2D eigenvalue weighted by molar-refractivity contribution is 0.0790. The molecule has 0 aliphatic heterocycles. The van der Waals surface area contributed by atoms with Crippen LogP contribution in [0.1, 0.15) is 46.5 Å². The number of rotatable bonds is 7. The first-order valence-corrected chi connectivity index (χ1v) is 9.27. The molecule has 0 bridgehead atoms. The predicted octanol–water partition coefficient (Wildman–Crippen LogP) is 4.11. The molecule has 28 heavy (non-hydrogen) atoms. The monoisotopic (exact) mass is 403 g/mol. The van der Waals surface area contributed by atoms with Crippen molar-refractivity contribution in [3.05, 3.63) is 65.2 Å². The number of carbonyl (C=O) groups is 2. The highest BCUT2D eigenvalue weighted by Crippen LogP contribution is 2.19. The van der Waals surface area contributed by atoms with Crippen LogP contribution < -0.4 is 11.1 Å². The molecule has 1 unspecified atom stereocenters. The molecule has 6 heteroatoms. The lowest BCUT2D eigenvalue weighted by Gasteiger charge is -2.22. The summed E-state index contributed by atoms with van der Waals surface area (Å²) in [6.07, 6.45) is 0.734. The fourth-order valence-electron chi connectivity index (χ4n) is 2.74. The van der Waals surface area contributed by atoms with Gasteiger partial charge in [0.25, 0.3) is 11.8 Å².